The number of carbonyl (C=O) groups is 1. The number of nitrogens with one attached hydrogen (secondary N) is 2. The number of nitrogens with zero attached hydrogens (tertiary/aromatic N) is 3. The van der Waals surface area contributed by atoms with Gasteiger partial charge in [-0.25, -0.2) is 4.98 Å². The van der Waals surface area contributed by atoms with E-state index in [9.17, 15) is 4.79 Å². The highest BCUT2D eigenvalue weighted by molar-refractivity contribution is 6.06. The topological polar surface area (TPSA) is 83.3 Å². The molecule has 3 heterocycles. The van der Waals surface area contributed by atoms with Crippen LogP contribution in [0.15, 0.2) is 10.6 Å². The number of carbonyl (C=O) groups excluding carboxylic acids is 1. The summed E-state index contributed by atoms with van der Waals surface area (Å²) < 4.78 is 5.46. The molecular weight excluding hydrogens is 366 g/mol. The smallest absolute Gasteiger partial charge is 0.259 e. The predicted molar refractivity (Wildman–Crippen MR) is 107 cm³/mol. The van der Waals surface area contributed by atoms with Crippen molar-refractivity contribution in [2.75, 3.05) is 39.3 Å². The first-order chi connectivity index (χ1) is 12.6. The van der Waals surface area contributed by atoms with Gasteiger partial charge in [-0.2, -0.15) is 0 Å². The van der Waals surface area contributed by atoms with E-state index in [1.54, 1.807) is 0 Å². The van der Waals surface area contributed by atoms with Crippen LogP contribution in [0.25, 0.3) is 11.1 Å². The third-order valence-corrected chi connectivity index (χ3v) is 5.20. The van der Waals surface area contributed by atoms with Crippen molar-refractivity contribution in [3.05, 3.63) is 23.0 Å². The average molecular weight is 394 g/mol. The standard InChI is InChI=1S/C19H27N5O2.ClH/c1-12(2)17-16-14(11-15(13-3-4-13)22-19(16)26-23-17)18(25)21-7-10-24-8-5-20-6-9-24;/h11-13,20H,3-10H2,1-2H3,(H,21,25);1H. The molecule has 1 saturated carbocycles. The molecule has 4 rings (SSSR count). The molecule has 2 aromatic heterocycles. The van der Waals surface area contributed by atoms with Gasteiger partial charge in [-0.05, 0) is 24.8 Å². The molecule has 148 valence electrons. The summed E-state index contributed by atoms with van der Waals surface area (Å²) in [5.41, 5.74) is 2.91. The van der Waals surface area contributed by atoms with E-state index in [4.69, 9.17) is 4.52 Å². The zero-order valence-corrected chi connectivity index (χ0v) is 16.8. The summed E-state index contributed by atoms with van der Waals surface area (Å²) in [7, 11) is 0. The van der Waals surface area contributed by atoms with E-state index in [1.807, 2.05) is 6.07 Å². The van der Waals surface area contributed by atoms with Crippen LogP contribution in [0.4, 0.5) is 0 Å². The lowest BCUT2D eigenvalue weighted by Gasteiger charge is -2.27. The Morgan fingerprint density at radius 1 is 1.37 bits per heavy atom. The molecule has 2 aliphatic rings. The van der Waals surface area contributed by atoms with Gasteiger partial charge >= 0.3 is 0 Å². The normalized spacial score (nSPS) is 17.9. The quantitative estimate of drug-likeness (QED) is 0.783. The summed E-state index contributed by atoms with van der Waals surface area (Å²) in [4.78, 5) is 19.9. The second kappa shape index (κ2) is 8.54. The van der Waals surface area contributed by atoms with Gasteiger partial charge in [-0.3, -0.25) is 9.69 Å². The first-order valence-corrected chi connectivity index (χ1v) is 9.65. The van der Waals surface area contributed by atoms with E-state index < -0.39 is 0 Å². The maximum atomic E-state index is 12.9. The van der Waals surface area contributed by atoms with Crippen molar-refractivity contribution in [3.8, 4) is 0 Å². The van der Waals surface area contributed by atoms with Crippen LogP contribution in [0.5, 0.6) is 0 Å². The van der Waals surface area contributed by atoms with Gasteiger partial charge in [0.2, 0.25) is 0 Å². The highest BCUT2D eigenvalue weighted by Gasteiger charge is 2.29. The minimum Gasteiger partial charge on any atom is -0.351 e. The molecule has 27 heavy (non-hydrogen) atoms. The van der Waals surface area contributed by atoms with Gasteiger partial charge in [0.25, 0.3) is 11.6 Å². The third-order valence-electron chi connectivity index (χ3n) is 5.20. The van der Waals surface area contributed by atoms with E-state index in [1.165, 1.54) is 0 Å². The van der Waals surface area contributed by atoms with Gasteiger partial charge in [0, 0.05) is 50.9 Å². The molecule has 1 aliphatic carbocycles. The molecule has 0 unspecified atom stereocenters. The van der Waals surface area contributed by atoms with Crippen molar-refractivity contribution in [1.82, 2.24) is 25.7 Å². The zero-order valence-electron chi connectivity index (χ0n) is 16.0. The Balaban J connectivity index is 0.00000210. The lowest BCUT2D eigenvalue weighted by Crippen LogP contribution is -2.46. The van der Waals surface area contributed by atoms with E-state index in [0.717, 1.165) is 62.3 Å². The van der Waals surface area contributed by atoms with Crippen molar-refractivity contribution in [1.29, 1.82) is 0 Å². The van der Waals surface area contributed by atoms with Gasteiger partial charge < -0.3 is 15.2 Å². The van der Waals surface area contributed by atoms with Gasteiger partial charge in [0.15, 0.2) is 0 Å². The minimum absolute atomic E-state index is 0. The first-order valence-electron chi connectivity index (χ1n) is 9.65. The van der Waals surface area contributed by atoms with Crippen LogP contribution in [0.3, 0.4) is 0 Å². The molecule has 0 bridgehead atoms. The zero-order chi connectivity index (χ0) is 18.1. The molecule has 0 aromatic carbocycles. The highest BCUT2D eigenvalue weighted by Crippen LogP contribution is 2.41. The number of hydrogen-bond donors (Lipinski definition) is 2. The molecule has 1 saturated heterocycles. The average Bonchev–Trinajstić information content (AvgIpc) is 3.40. The molecule has 2 fully saturated rings. The number of pyridine rings is 1. The summed E-state index contributed by atoms with van der Waals surface area (Å²) >= 11 is 0. The summed E-state index contributed by atoms with van der Waals surface area (Å²) in [5.74, 6) is 0.580. The van der Waals surface area contributed by atoms with Crippen LogP contribution < -0.4 is 10.6 Å². The number of fused-ring (bicyclic) bond motifs is 1. The van der Waals surface area contributed by atoms with E-state index >= 15 is 0 Å². The molecule has 8 heteroatoms. The van der Waals surface area contributed by atoms with E-state index in [2.05, 4.69) is 39.5 Å². The fourth-order valence-electron chi connectivity index (χ4n) is 3.51. The van der Waals surface area contributed by atoms with Gasteiger partial charge in [0.1, 0.15) is 0 Å². The Morgan fingerprint density at radius 3 is 2.78 bits per heavy atom. The van der Waals surface area contributed by atoms with Gasteiger partial charge in [-0.1, -0.05) is 19.0 Å². The number of halogens is 1. The highest BCUT2D eigenvalue weighted by atomic mass is 35.5. The Bertz CT molecular complexity index is 797. The number of hydrogen-bond acceptors (Lipinski definition) is 6. The Kier molecular flexibility index (Phi) is 6.34. The molecule has 7 nitrogen and oxygen atoms in total. The van der Waals surface area contributed by atoms with Crippen LogP contribution in [0.1, 0.15) is 60.3 Å². The summed E-state index contributed by atoms with van der Waals surface area (Å²) in [6.45, 7) is 9.72. The monoisotopic (exact) mass is 393 g/mol. The number of aromatic nitrogens is 2. The Hall–Kier alpha value is -1.70. The van der Waals surface area contributed by atoms with Crippen molar-refractivity contribution in [2.24, 2.45) is 0 Å². The van der Waals surface area contributed by atoms with Gasteiger partial charge in [-0.15, -0.1) is 12.4 Å². The fourth-order valence-corrected chi connectivity index (χ4v) is 3.51. The number of rotatable bonds is 6. The van der Waals surface area contributed by atoms with Crippen LogP contribution >= 0.6 is 12.4 Å². The largest absolute Gasteiger partial charge is 0.351 e. The molecule has 2 N–H and O–H groups in total. The fraction of sp³-hybridized carbons (Fsp3) is 0.632. The third kappa shape index (κ3) is 4.42. The first kappa shape index (κ1) is 20.0. The maximum Gasteiger partial charge on any atom is 0.259 e. The number of piperazine rings is 1. The lowest BCUT2D eigenvalue weighted by molar-refractivity contribution is 0.0948. The maximum absolute atomic E-state index is 12.9. The predicted octanol–water partition coefficient (Wildman–Crippen LogP) is 2.28. The van der Waals surface area contributed by atoms with Crippen molar-refractivity contribution < 1.29 is 9.32 Å². The van der Waals surface area contributed by atoms with E-state index in [0.29, 0.717) is 23.7 Å². The molecule has 0 radical (unpaired) electrons. The summed E-state index contributed by atoms with van der Waals surface area (Å²) in [6.07, 6.45) is 2.27. The van der Waals surface area contributed by atoms with Crippen molar-refractivity contribution in [3.63, 3.8) is 0 Å². The SMILES string of the molecule is CC(C)c1noc2nc(C3CC3)cc(C(=O)NCCN3CCNCC3)c12.Cl. The van der Waals surface area contributed by atoms with Crippen molar-refractivity contribution >= 4 is 29.4 Å². The second-order valence-electron chi connectivity index (χ2n) is 7.62. The Labute approximate surface area is 165 Å². The van der Waals surface area contributed by atoms with Gasteiger partial charge in [0.05, 0.1) is 16.6 Å². The van der Waals surface area contributed by atoms with Crippen LogP contribution in [0, 0.1) is 0 Å². The minimum atomic E-state index is -0.0560. The Morgan fingerprint density at radius 2 is 2.11 bits per heavy atom. The molecule has 0 atom stereocenters. The van der Waals surface area contributed by atoms with Crippen LogP contribution in [0.2, 0.25) is 0 Å². The summed E-state index contributed by atoms with van der Waals surface area (Å²) in [6, 6.07) is 1.95. The van der Waals surface area contributed by atoms with Crippen molar-refractivity contribution in [2.45, 2.75) is 38.5 Å². The van der Waals surface area contributed by atoms with Crippen LogP contribution in [-0.2, 0) is 0 Å². The summed E-state index contributed by atoms with van der Waals surface area (Å²) in [5, 5.41) is 11.4. The van der Waals surface area contributed by atoms with E-state index in [-0.39, 0.29) is 24.2 Å². The second-order valence-corrected chi connectivity index (χ2v) is 7.62. The van der Waals surface area contributed by atoms with Crippen LogP contribution in [-0.4, -0.2) is 60.2 Å². The molecular formula is C19H28ClN5O2. The molecule has 1 aliphatic heterocycles. The molecule has 1 amide bonds. The molecule has 2 aromatic rings. The number of amides is 1. The lowest BCUT2D eigenvalue weighted by atomic mass is 10.0. The molecule has 0 spiro atoms.